The highest BCUT2D eigenvalue weighted by Gasteiger charge is 2.00. The molecule has 146 valence electrons. The second-order valence-electron chi connectivity index (χ2n) is 6.65. The normalized spacial score (nSPS) is 10.5. The van der Waals surface area contributed by atoms with Gasteiger partial charge in [-0.2, -0.15) is 0 Å². The Morgan fingerprint density at radius 2 is 1.61 bits per heavy atom. The van der Waals surface area contributed by atoms with E-state index in [0.29, 0.717) is 19.8 Å². The zero-order chi connectivity index (χ0) is 19.6. The van der Waals surface area contributed by atoms with Crippen LogP contribution in [0.15, 0.2) is 72.8 Å². The second-order valence-corrected chi connectivity index (χ2v) is 7.06. The summed E-state index contributed by atoms with van der Waals surface area (Å²) in [6, 6.07) is 24.2. The van der Waals surface area contributed by atoms with Gasteiger partial charge < -0.3 is 14.8 Å². The fourth-order valence-corrected chi connectivity index (χ4v) is 3.00. The first-order valence-electron chi connectivity index (χ1n) is 9.60. The Morgan fingerprint density at radius 3 is 2.43 bits per heavy atom. The van der Waals surface area contributed by atoms with Gasteiger partial charge in [0.25, 0.3) is 0 Å². The molecule has 0 saturated heterocycles. The molecule has 28 heavy (non-hydrogen) atoms. The molecule has 0 aliphatic rings. The molecule has 0 fully saturated rings. The van der Waals surface area contributed by atoms with Crippen LogP contribution in [0.2, 0.25) is 5.02 Å². The van der Waals surface area contributed by atoms with Crippen LogP contribution in [0, 0.1) is 6.92 Å². The van der Waals surface area contributed by atoms with Gasteiger partial charge in [0.2, 0.25) is 0 Å². The number of hydrogen-bond acceptors (Lipinski definition) is 3. The van der Waals surface area contributed by atoms with E-state index in [1.165, 1.54) is 5.56 Å². The van der Waals surface area contributed by atoms with Crippen LogP contribution < -0.4 is 14.8 Å². The minimum Gasteiger partial charge on any atom is -0.494 e. The van der Waals surface area contributed by atoms with Crippen LogP contribution in [0.1, 0.15) is 17.5 Å². The van der Waals surface area contributed by atoms with E-state index < -0.39 is 0 Å². The first kappa shape index (κ1) is 20.1. The van der Waals surface area contributed by atoms with Crippen molar-refractivity contribution in [1.82, 2.24) is 0 Å². The van der Waals surface area contributed by atoms with Crippen molar-refractivity contribution in [3.05, 3.63) is 88.9 Å². The summed E-state index contributed by atoms with van der Waals surface area (Å²) in [7, 11) is 0. The Labute approximate surface area is 172 Å². The molecule has 0 amide bonds. The minimum atomic E-state index is 0.573. The molecule has 0 heterocycles. The van der Waals surface area contributed by atoms with Crippen molar-refractivity contribution in [1.29, 1.82) is 0 Å². The summed E-state index contributed by atoms with van der Waals surface area (Å²) < 4.78 is 11.6. The second kappa shape index (κ2) is 10.6. The van der Waals surface area contributed by atoms with Crippen LogP contribution in [0.3, 0.4) is 0 Å². The maximum absolute atomic E-state index is 6.03. The quantitative estimate of drug-likeness (QED) is 0.417. The van der Waals surface area contributed by atoms with Crippen LogP contribution >= 0.6 is 11.6 Å². The van der Waals surface area contributed by atoms with Crippen molar-refractivity contribution < 1.29 is 9.47 Å². The van der Waals surface area contributed by atoms with Crippen molar-refractivity contribution in [2.24, 2.45) is 0 Å². The molecule has 3 nitrogen and oxygen atoms in total. The number of halogens is 1. The van der Waals surface area contributed by atoms with Gasteiger partial charge in [0.1, 0.15) is 18.1 Å². The molecule has 0 aliphatic heterocycles. The van der Waals surface area contributed by atoms with Gasteiger partial charge >= 0.3 is 0 Å². The van der Waals surface area contributed by atoms with Gasteiger partial charge in [-0.25, -0.2) is 0 Å². The molecule has 0 saturated carbocycles. The summed E-state index contributed by atoms with van der Waals surface area (Å²) >= 11 is 6.03. The third-order valence-corrected chi connectivity index (χ3v) is 4.81. The van der Waals surface area contributed by atoms with Gasteiger partial charge in [0.05, 0.1) is 6.61 Å². The van der Waals surface area contributed by atoms with E-state index in [-0.39, 0.29) is 0 Å². The molecular formula is C24H26ClNO2. The summed E-state index contributed by atoms with van der Waals surface area (Å²) in [6.45, 7) is 3.96. The highest BCUT2D eigenvalue weighted by Crippen LogP contribution is 2.21. The van der Waals surface area contributed by atoms with Gasteiger partial charge in [-0.3, -0.25) is 0 Å². The Kier molecular flexibility index (Phi) is 7.62. The Morgan fingerprint density at radius 1 is 0.821 bits per heavy atom. The molecule has 0 aromatic heterocycles. The van der Waals surface area contributed by atoms with Crippen LogP contribution in [-0.4, -0.2) is 19.8 Å². The lowest BCUT2D eigenvalue weighted by molar-refractivity contribution is 0.311. The molecule has 0 bridgehead atoms. The van der Waals surface area contributed by atoms with Crippen molar-refractivity contribution >= 4 is 17.3 Å². The first-order chi connectivity index (χ1) is 13.7. The number of ether oxygens (including phenoxy) is 2. The Hall–Kier alpha value is -2.65. The van der Waals surface area contributed by atoms with Gasteiger partial charge in [-0.15, -0.1) is 0 Å². The van der Waals surface area contributed by atoms with Crippen molar-refractivity contribution in [2.45, 2.75) is 19.8 Å². The lowest BCUT2D eigenvalue weighted by Gasteiger charge is -2.11. The monoisotopic (exact) mass is 395 g/mol. The van der Waals surface area contributed by atoms with Gasteiger partial charge in [-0.1, -0.05) is 48.0 Å². The van der Waals surface area contributed by atoms with Gasteiger partial charge in [0, 0.05) is 23.3 Å². The lowest BCUT2D eigenvalue weighted by Crippen LogP contribution is -2.11. The number of nitrogens with one attached hydrogen (secondary N) is 1. The molecule has 0 unspecified atom stereocenters. The maximum Gasteiger partial charge on any atom is 0.121 e. The average Bonchev–Trinajstić information content (AvgIpc) is 2.72. The molecule has 0 aliphatic carbocycles. The van der Waals surface area contributed by atoms with Crippen LogP contribution in [-0.2, 0) is 6.42 Å². The summed E-state index contributed by atoms with van der Waals surface area (Å²) in [5.74, 6) is 1.71. The highest BCUT2D eigenvalue weighted by atomic mass is 35.5. The van der Waals surface area contributed by atoms with E-state index in [4.69, 9.17) is 21.1 Å². The van der Waals surface area contributed by atoms with E-state index in [9.17, 15) is 0 Å². The van der Waals surface area contributed by atoms with Crippen LogP contribution in [0.5, 0.6) is 11.5 Å². The number of aryl methyl sites for hydroxylation is 2. The smallest absolute Gasteiger partial charge is 0.121 e. The predicted octanol–water partition coefficient (Wildman–Crippen LogP) is 6.15. The van der Waals surface area contributed by atoms with Crippen molar-refractivity contribution in [3.8, 4) is 11.5 Å². The molecule has 0 spiro atoms. The number of rotatable bonds is 10. The lowest BCUT2D eigenvalue weighted by atomic mass is 10.1. The third kappa shape index (κ3) is 6.50. The van der Waals surface area contributed by atoms with E-state index in [0.717, 1.165) is 40.6 Å². The summed E-state index contributed by atoms with van der Waals surface area (Å²) in [4.78, 5) is 0. The fraction of sp³-hybridized carbons (Fsp3) is 0.250. The summed E-state index contributed by atoms with van der Waals surface area (Å²) in [5, 5.41) is 4.12. The molecule has 3 aromatic rings. The molecular weight excluding hydrogens is 370 g/mol. The Balaban J connectivity index is 1.37. The molecule has 0 radical (unpaired) electrons. The average molecular weight is 396 g/mol. The summed E-state index contributed by atoms with van der Waals surface area (Å²) in [5.41, 5.74) is 3.39. The maximum atomic E-state index is 6.03. The molecule has 0 atom stereocenters. The number of benzene rings is 3. The van der Waals surface area contributed by atoms with Gasteiger partial charge in [-0.05, 0) is 61.2 Å². The number of anilines is 1. The van der Waals surface area contributed by atoms with Crippen LogP contribution in [0.4, 0.5) is 5.69 Å². The summed E-state index contributed by atoms with van der Waals surface area (Å²) in [6.07, 6.45) is 2.02. The molecule has 1 N–H and O–H groups in total. The fourth-order valence-electron chi connectivity index (χ4n) is 2.88. The third-order valence-electron chi connectivity index (χ3n) is 4.38. The molecule has 3 rings (SSSR count). The van der Waals surface area contributed by atoms with E-state index in [1.54, 1.807) is 0 Å². The Bertz CT molecular complexity index is 867. The highest BCUT2D eigenvalue weighted by molar-refractivity contribution is 6.31. The van der Waals surface area contributed by atoms with Crippen molar-refractivity contribution in [2.75, 3.05) is 25.1 Å². The van der Waals surface area contributed by atoms with Crippen molar-refractivity contribution in [3.63, 3.8) is 0 Å². The molecule has 3 aromatic carbocycles. The zero-order valence-corrected chi connectivity index (χ0v) is 16.9. The van der Waals surface area contributed by atoms with Gasteiger partial charge in [0.15, 0.2) is 0 Å². The largest absolute Gasteiger partial charge is 0.494 e. The standard InChI is InChI=1S/C24H26ClNO2/c1-19-17-23(12-13-24(19)25)28-16-14-26-21-10-5-11-22(18-21)27-15-6-9-20-7-3-2-4-8-20/h2-5,7-8,10-13,17-18,26H,6,9,14-16H2,1H3. The van der Waals surface area contributed by atoms with E-state index >= 15 is 0 Å². The zero-order valence-electron chi connectivity index (χ0n) is 16.2. The van der Waals surface area contributed by atoms with E-state index in [1.807, 2.05) is 55.5 Å². The first-order valence-corrected chi connectivity index (χ1v) is 9.98. The molecule has 4 heteroatoms. The van der Waals surface area contributed by atoms with Crippen LogP contribution in [0.25, 0.3) is 0 Å². The number of hydrogen-bond donors (Lipinski definition) is 1. The predicted molar refractivity (Wildman–Crippen MR) is 117 cm³/mol. The topological polar surface area (TPSA) is 30.5 Å². The SMILES string of the molecule is Cc1cc(OCCNc2cccc(OCCCc3ccccc3)c2)ccc1Cl. The minimum absolute atomic E-state index is 0.573. The van der Waals surface area contributed by atoms with E-state index in [2.05, 4.69) is 29.6 Å².